The minimum absolute atomic E-state index is 0.00821. The van der Waals surface area contributed by atoms with Crippen LogP contribution in [0.15, 0.2) is 34.9 Å². The molecule has 12 nitrogen and oxygen atoms in total. The maximum Gasteiger partial charge on any atom is 0.296 e. The number of rotatable bonds is 4. The molecule has 3 rings (SSSR count). The zero-order chi connectivity index (χ0) is 43.6. The molecule has 0 radical (unpaired) electrons. The number of hydrogen-bond acceptors (Lipinski definition) is 11. The molecular weight excluding hydrogens is 743 g/mol. The third kappa shape index (κ3) is 13.4. The number of piperidine rings is 1. The molecule has 2 fully saturated rings. The lowest BCUT2D eigenvalue weighted by Gasteiger charge is -2.43. The summed E-state index contributed by atoms with van der Waals surface area (Å²) in [6.07, 6.45) is 3.30. The predicted octanol–water partition coefficient (Wildman–Crippen LogP) is 4.94. The molecule has 7 N–H and O–H groups in total. The van der Waals surface area contributed by atoms with Crippen LogP contribution >= 0.6 is 0 Å². The zero-order valence-corrected chi connectivity index (χ0v) is 36.7. The highest BCUT2D eigenvalue weighted by Crippen LogP contribution is 2.37. The minimum Gasteiger partial charge on any atom is -0.393 e. The highest BCUT2D eigenvalue weighted by atomic mass is 16.6. The van der Waals surface area contributed by atoms with Crippen LogP contribution in [0.25, 0.3) is 0 Å². The topological polar surface area (TPSA) is 205 Å². The van der Waals surface area contributed by atoms with Gasteiger partial charge in [-0.1, -0.05) is 65.3 Å². The van der Waals surface area contributed by atoms with Crippen LogP contribution in [0.2, 0.25) is 0 Å². The Morgan fingerprint density at radius 3 is 2.24 bits per heavy atom. The van der Waals surface area contributed by atoms with Crippen LogP contribution in [0.1, 0.15) is 139 Å². The van der Waals surface area contributed by atoms with Crippen molar-refractivity contribution in [2.45, 2.75) is 194 Å². The van der Waals surface area contributed by atoms with Crippen molar-refractivity contribution < 1.29 is 54.9 Å². The molecule has 1 amide bonds. The second kappa shape index (κ2) is 22.5. The second-order valence-electron chi connectivity index (χ2n) is 18.4. The normalized spacial score (nSPS) is 41.0. The van der Waals surface area contributed by atoms with Gasteiger partial charge in [-0.3, -0.25) is 14.4 Å². The average Bonchev–Trinajstić information content (AvgIpc) is 3.17. The van der Waals surface area contributed by atoms with E-state index >= 15 is 0 Å². The lowest BCUT2D eigenvalue weighted by Crippen LogP contribution is -2.60. The van der Waals surface area contributed by atoms with Crippen molar-refractivity contribution in [3.63, 3.8) is 0 Å². The number of hydrogen-bond donors (Lipinski definition) is 7. The van der Waals surface area contributed by atoms with Crippen molar-refractivity contribution >= 4 is 17.5 Å². The first-order chi connectivity index (χ1) is 27.1. The molecule has 3 heterocycles. The fourth-order valence-electron chi connectivity index (χ4n) is 9.05. The van der Waals surface area contributed by atoms with E-state index in [-0.39, 0.29) is 61.7 Å². The van der Waals surface area contributed by atoms with Crippen LogP contribution < -0.4 is 0 Å². The van der Waals surface area contributed by atoms with Gasteiger partial charge in [0.25, 0.3) is 11.7 Å². The summed E-state index contributed by atoms with van der Waals surface area (Å²) < 4.78 is 5.99. The fraction of sp³-hybridized carbons (Fsp3) is 0.804. The first-order valence-corrected chi connectivity index (χ1v) is 22.0. The summed E-state index contributed by atoms with van der Waals surface area (Å²) in [6.45, 7) is 16.7. The van der Waals surface area contributed by atoms with Gasteiger partial charge in [0, 0.05) is 31.2 Å². The van der Waals surface area contributed by atoms with E-state index in [0.717, 1.165) is 11.1 Å². The van der Waals surface area contributed by atoms with Crippen LogP contribution in [0, 0.1) is 35.5 Å². The lowest BCUT2D eigenvalue weighted by molar-refractivity contribution is -0.266. The van der Waals surface area contributed by atoms with E-state index in [9.17, 15) is 50.1 Å². The van der Waals surface area contributed by atoms with Crippen molar-refractivity contribution in [3.8, 4) is 0 Å². The van der Waals surface area contributed by atoms with E-state index in [1.165, 1.54) is 4.90 Å². The number of ketones is 2. The molecule has 2 saturated heterocycles. The summed E-state index contributed by atoms with van der Waals surface area (Å²) in [7, 11) is 0. The number of fused-ring (bicyclic) bond motifs is 3. The van der Waals surface area contributed by atoms with Crippen LogP contribution in [0.5, 0.6) is 0 Å². The van der Waals surface area contributed by atoms with Gasteiger partial charge in [-0.2, -0.15) is 0 Å². The number of aliphatic hydroxyl groups excluding tert-OH is 6. The Labute approximate surface area is 347 Å². The maximum absolute atomic E-state index is 14.3. The van der Waals surface area contributed by atoms with Crippen molar-refractivity contribution in [1.82, 2.24) is 4.90 Å². The first kappa shape index (κ1) is 50.1. The van der Waals surface area contributed by atoms with Gasteiger partial charge in [-0.25, -0.2) is 0 Å². The maximum atomic E-state index is 14.3. The minimum atomic E-state index is -2.48. The summed E-state index contributed by atoms with van der Waals surface area (Å²) in [5.41, 5.74) is 2.40. The number of ether oxygens (including phenoxy) is 1. The average molecular weight is 820 g/mol. The number of amides is 1. The van der Waals surface area contributed by atoms with E-state index in [4.69, 9.17) is 4.74 Å². The Hall–Kier alpha value is -2.29. The van der Waals surface area contributed by atoms with Crippen LogP contribution in [-0.2, 0) is 19.1 Å². The molecule has 58 heavy (non-hydrogen) atoms. The number of nitrogens with zero attached hydrogens (tertiary/aromatic N) is 1. The molecule has 15 unspecified atom stereocenters. The van der Waals surface area contributed by atoms with Crippen molar-refractivity contribution in [3.05, 3.63) is 34.9 Å². The van der Waals surface area contributed by atoms with Gasteiger partial charge in [0.2, 0.25) is 5.79 Å². The zero-order valence-electron chi connectivity index (χ0n) is 36.7. The van der Waals surface area contributed by atoms with Crippen LogP contribution in [-0.4, -0.2) is 119 Å². The highest BCUT2D eigenvalue weighted by Gasteiger charge is 2.53. The molecule has 0 aromatic heterocycles. The van der Waals surface area contributed by atoms with Crippen LogP contribution in [0.4, 0.5) is 0 Å². The molecular formula is C46H77NO11. The van der Waals surface area contributed by atoms with Gasteiger partial charge in [0.05, 0.1) is 48.8 Å². The standard InChI is InChI=1S/C46H77NO11/c1-10-34-15-16-35(28(4)21-27(3)33(9)48)22-42(53)38-13-11-12-18-47(38)45(56)44(55)46(57)31(7)14-17-37(58-46)25-41(52)32(8)40(51)24-36(49)23-39(50)29(5)19-26(2)20-30(6)43(34)54/h15,19,21,26-27,30-33,35-41,43,48-52,54,57H,10-14,16-18,20,22-25H2,1-9H3/b28-21+,29-19+,34-15+. The molecule has 15 atom stereocenters. The SMILES string of the molecule is CC/C1=C\CC(/C(C)=C/C(C)C(C)O)CC(=O)C2CCCCN2C(=O)C(=O)C2(O)OC(CCC2C)CC(O)C(C)C(O)CC(O)CC(O)/C(C)=C/C(C)CC(C)C1O. The smallest absolute Gasteiger partial charge is 0.296 e. The van der Waals surface area contributed by atoms with E-state index in [0.29, 0.717) is 56.9 Å². The third-order valence-corrected chi connectivity index (χ3v) is 13.5. The Balaban J connectivity index is 2.04. The monoisotopic (exact) mass is 820 g/mol. The largest absolute Gasteiger partial charge is 0.393 e. The Kier molecular flexibility index (Phi) is 19.4. The van der Waals surface area contributed by atoms with Gasteiger partial charge in [0.15, 0.2) is 5.78 Å². The molecule has 12 heteroatoms. The van der Waals surface area contributed by atoms with E-state index in [2.05, 4.69) is 0 Å². The summed E-state index contributed by atoms with van der Waals surface area (Å²) >= 11 is 0. The summed E-state index contributed by atoms with van der Waals surface area (Å²) in [5, 5.41) is 77.6. The first-order valence-electron chi connectivity index (χ1n) is 22.0. The van der Waals surface area contributed by atoms with Crippen molar-refractivity contribution in [2.24, 2.45) is 35.5 Å². The fourth-order valence-corrected chi connectivity index (χ4v) is 9.05. The second-order valence-corrected chi connectivity index (χ2v) is 18.4. The van der Waals surface area contributed by atoms with E-state index < -0.39 is 78.1 Å². The molecule has 3 aliphatic rings. The number of Topliss-reactive ketones (excluding diaryl/α,β-unsaturated/α-hetero) is 2. The van der Waals surface area contributed by atoms with Gasteiger partial charge in [0.1, 0.15) is 0 Å². The van der Waals surface area contributed by atoms with Crippen molar-refractivity contribution in [2.75, 3.05) is 6.54 Å². The number of allylic oxidation sites excluding steroid dienone is 3. The van der Waals surface area contributed by atoms with Gasteiger partial charge < -0.3 is 45.4 Å². The molecule has 3 aliphatic heterocycles. The lowest BCUT2D eigenvalue weighted by atomic mass is 9.82. The number of aliphatic hydroxyl groups is 7. The van der Waals surface area contributed by atoms with Gasteiger partial charge in [-0.15, -0.1) is 0 Å². The predicted molar refractivity (Wildman–Crippen MR) is 223 cm³/mol. The molecule has 0 spiro atoms. The van der Waals surface area contributed by atoms with Gasteiger partial charge >= 0.3 is 0 Å². The molecule has 2 bridgehead atoms. The molecule has 332 valence electrons. The Morgan fingerprint density at radius 2 is 1.60 bits per heavy atom. The molecule has 0 aromatic rings. The van der Waals surface area contributed by atoms with Crippen LogP contribution in [0.3, 0.4) is 0 Å². The quantitative estimate of drug-likeness (QED) is 0.150. The number of carbonyl (C=O) groups is 3. The Morgan fingerprint density at radius 1 is 0.948 bits per heavy atom. The van der Waals surface area contributed by atoms with Gasteiger partial charge in [-0.05, 0) is 120 Å². The Bertz CT molecular complexity index is 1460. The molecule has 0 aromatic carbocycles. The number of carbonyl (C=O) groups excluding carboxylic acids is 3. The highest BCUT2D eigenvalue weighted by molar-refractivity contribution is 6.39. The molecule has 0 aliphatic carbocycles. The van der Waals surface area contributed by atoms with Crippen molar-refractivity contribution in [1.29, 1.82) is 0 Å². The van der Waals surface area contributed by atoms with E-state index in [1.54, 1.807) is 27.7 Å². The summed E-state index contributed by atoms with van der Waals surface area (Å²) in [4.78, 5) is 43.7. The summed E-state index contributed by atoms with van der Waals surface area (Å²) in [6, 6.07) is -0.883. The van der Waals surface area contributed by atoms with E-state index in [1.807, 2.05) is 52.8 Å². The summed E-state index contributed by atoms with van der Waals surface area (Å²) in [5.74, 6) is -6.95. The third-order valence-electron chi connectivity index (χ3n) is 13.5. The molecule has 0 saturated carbocycles.